The van der Waals surface area contributed by atoms with Gasteiger partial charge < -0.3 is 0 Å². The van der Waals surface area contributed by atoms with Crippen LogP contribution in [0, 0.1) is 20.8 Å². The first kappa shape index (κ1) is 12.6. The van der Waals surface area contributed by atoms with Crippen LogP contribution in [0.5, 0.6) is 0 Å². The smallest absolute Gasteiger partial charge is 0.0151 e. The van der Waals surface area contributed by atoms with Crippen molar-refractivity contribution in [3.63, 3.8) is 0 Å². The third kappa shape index (κ3) is 2.53. The van der Waals surface area contributed by atoms with Crippen molar-refractivity contribution in [2.75, 3.05) is 0 Å². The average Bonchev–Trinajstić information content (AvgIpc) is 2.33. The summed E-state index contributed by atoms with van der Waals surface area (Å²) in [6.45, 7) is 8.57. The fraction of sp³-hybridized carbons (Fsp3) is 0.222. The molecule has 2 aromatic rings. The molecule has 0 N–H and O–H groups in total. The highest BCUT2D eigenvalue weighted by Gasteiger charge is 2.07. The second-order valence-corrected chi connectivity index (χ2v) is 4.89. The van der Waals surface area contributed by atoms with E-state index in [9.17, 15) is 0 Å². The van der Waals surface area contributed by atoms with E-state index in [4.69, 9.17) is 0 Å². The zero-order chi connectivity index (χ0) is 13.1. The molecule has 0 unspecified atom stereocenters. The van der Waals surface area contributed by atoms with Gasteiger partial charge in [-0.2, -0.15) is 0 Å². The molecule has 0 fully saturated rings. The highest BCUT2D eigenvalue weighted by molar-refractivity contribution is 5.81. The number of rotatable bonds is 2. The quantitative estimate of drug-likeness (QED) is 0.683. The van der Waals surface area contributed by atoms with Gasteiger partial charge in [-0.1, -0.05) is 59.7 Å². The van der Waals surface area contributed by atoms with Crippen LogP contribution in [0.4, 0.5) is 0 Å². The summed E-state index contributed by atoms with van der Waals surface area (Å²) in [5.41, 5.74) is 7.89. The van der Waals surface area contributed by atoms with Crippen molar-refractivity contribution in [1.29, 1.82) is 0 Å². The maximum atomic E-state index is 2.24. The topological polar surface area (TPSA) is 0 Å². The van der Waals surface area contributed by atoms with Crippen LogP contribution in [0.2, 0.25) is 0 Å². The molecule has 2 rings (SSSR count). The minimum Gasteiger partial charge on any atom is -0.0792 e. The van der Waals surface area contributed by atoms with Crippen molar-refractivity contribution in [1.82, 2.24) is 0 Å². The molecule has 0 radical (unpaired) electrons. The summed E-state index contributed by atoms with van der Waals surface area (Å²) in [5.74, 6) is 0. The third-order valence-corrected chi connectivity index (χ3v) is 3.29. The zero-order valence-corrected chi connectivity index (χ0v) is 11.6. The number of hydrogen-bond donors (Lipinski definition) is 0. The van der Waals surface area contributed by atoms with Gasteiger partial charge in [0.25, 0.3) is 0 Å². The molecule has 0 atom stereocenters. The Hall–Kier alpha value is -1.82. The molecule has 0 aliphatic rings. The first-order valence-corrected chi connectivity index (χ1v) is 6.43. The molecule has 0 saturated carbocycles. The predicted molar refractivity (Wildman–Crippen MR) is 79.8 cm³/mol. The number of hydrogen-bond acceptors (Lipinski definition) is 0. The number of allylic oxidation sites excluding steroid dienone is 1. The third-order valence-electron chi connectivity index (χ3n) is 3.29. The van der Waals surface area contributed by atoms with E-state index >= 15 is 0 Å². The van der Waals surface area contributed by atoms with Crippen LogP contribution in [0.1, 0.15) is 34.7 Å². The van der Waals surface area contributed by atoms with Crippen molar-refractivity contribution in [2.24, 2.45) is 0 Å². The summed E-state index contributed by atoms with van der Waals surface area (Å²) in [6.07, 6.45) is 2.20. The molecule has 0 aliphatic heterocycles. The molecular formula is C18H20. The van der Waals surface area contributed by atoms with Crippen LogP contribution < -0.4 is 0 Å². The minimum atomic E-state index is 1.30. The standard InChI is InChI=1S/C18H20/c1-5-17(16-8-6-7-13(2)12-16)18-10-9-14(3)11-15(18)4/h5-12H,1-4H3. The van der Waals surface area contributed by atoms with Gasteiger partial charge in [0.15, 0.2) is 0 Å². The first-order valence-electron chi connectivity index (χ1n) is 6.43. The van der Waals surface area contributed by atoms with Crippen molar-refractivity contribution < 1.29 is 0 Å². The Balaban J connectivity index is 2.53. The molecule has 0 nitrogen and oxygen atoms in total. The Morgan fingerprint density at radius 2 is 1.61 bits per heavy atom. The summed E-state index contributed by atoms with van der Waals surface area (Å²) < 4.78 is 0. The lowest BCUT2D eigenvalue weighted by atomic mass is 9.92. The summed E-state index contributed by atoms with van der Waals surface area (Å²) in [6, 6.07) is 15.3. The lowest BCUT2D eigenvalue weighted by Crippen LogP contribution is -1.92. The SMILES string of the molecule is CC=C(c1cccc(C)c1)c1ccc(C)cc1C. The second kappa shape index (κ2) is 5.22. The van der Waals surface area contributed by atoms with E-state index in [0.717, 1.165) is 0 Å². The Bertz CT molecular complexity index is 589. The van der Waals surface area contributed by atoms with Gasteiger partial charge >= 0.3 is 0 Å². The molecule has 0 bridgehead atoms. The van der Waals surface area contributed by atoms with Crippen molar-refractivity contribution in [3.05, 3.63) is 76.4 Å². The first-order chi connectivity index (χ1) is 8.61. The summed E-state index contributed by atoms with van der Waals surface area (Å²) in [5, 5.41) is 0. The van der Waals surface area contributed by atoms with E-state index in [1.54, 1.807) is 0 Å². The molecule has 92 valence electrons. The molecule has 0 heterocycles. The second-order valence-electron chi connectivity index (χ2n) is 4.89. The highest BCUT2D eigenvalue weighted by Crippen LogP contribution is 2.27. The molecule has 0 aromatic heterocycles. The Morgan fingerprint density at radius 3 is 2.22 bits per heavy atom. The largest absolute Gasteiger partial charge is 0.0792 e. The van der Waals surface area contributed by atoms with Gasteiger partial charge in [0.2, 0.25) is 0 Å². The molecule has 0 amide bonds. The van der Waals surface area contributed by atoms with Crippen LogP contribution in [-0.2, 0) is 0 Å². The van der Waals surface area contributed by atoms with Gasteiger partial charge in [0.05, 0.1) is 0 Å². The van der Waals surface area contributed by atoms with Crippen LogP contribution in [-0.4, -0.2) is 0 Å². The summed E-state index contributed by atoms with van der Waals surface area (Å²) >= 11 is 0. The van der Waals surface area contributed by atoms with E-state index < -0.39 is 0 Å². The van der Waals surface area contributed by atoms with Gasteiger partial charge in [0, 0.05) is 0 Å². The van der Waals surface area contributed by atoms with Crippen molar-refractivity contribution in [2.45, 2.75) is 27.7 Å². The van der Waals surface area contributed by atoms with Gasteiger partial charge in [-0.05, 0) is 50.0 Å². The van der Waals surface area contributed by atoms with Gasteiger partial charge in [-0.15, -0.1) is 0 Å². The number of benzene rings is 2. The Morgan fingerprint density at radius 1 is 0.889 bits per heavy atom. The lowest BCUT2D eigenvalue weighted by molar-refractivity contribution is 1.34. The van der Waals surface area contributed by atoms with Gasteiger partial charge in [-0.3, -0.25) is 0 Å². The Kier molecular flexibility index (Phi) is 3.66. The lowest BCUT2D eigenvalue weighted by Gasteiger charge is -2.12. The molecule has 0 spiro atoms. The molecule has 0 saturated heterocycles. The monoisotopic (exact) mass is 236 g/mol. The van der Waals surface area contributed by atoms with Crippen LogP contribution in [0.3, 0.4) is 0 Å². The Labute approximate surface area is 110 Å². The van der Waals surface area contributed by atoms with Crippen LogP contribution >= 0.6 is 0 Å². The van der Waals surface area contributed by atoms with Gasteiger partial charge in [-0.25, -0.2) is 0 Å². The molecular weight excluding hydrogens is 216 g/mol. The predicted octanol–water partition coefficient (Wildman–Crippen LogP) is 5.06. The molecule has 18 heavy (non-hydrogen) atoms. The van der Waals surface area contributed by atoms with E-state index in [2.05, 4.69) is 76.2 Å². The zero-order valence-electron chi connectivity index (χ0n) is 11.6. The van der Waals surface area contributed by atoms with E-state index in [-0.39, 0.29) is 0 Å². The maximum absolute atomic E-state index is 2.24. The molecule has 0 aliphatic carbocycles. The summed E-state index contributed by atoms with van der Waals surface area (Å²) in [4.78, 5) is 0. The fourth-order valence-electron chi connectivity index (χ4n) is 2.41. The van der Waals surface area contributed by atoms with E-state index in [0.29, 0.717) is 0 Å². The normalized spacial score (nSPS) is 11.7. The summed E-state index contributed by atoms with van der Waals surface area (Å²) in [7, 11) is 0. The highest BCUT2D eigenvalue weighted by atomic mass is 14.1. The molecule has 2 aromatic carbocycles. The van der Waals surface area contributed by atoms with E-state index in [1.807, 2.05) is 0 Å². The van der Waals surface area contributed by atoms with Crippen LogP contribution in [0.25, 0.3) is 5.57 Å². The number of aryl methyl sites for hydroxylation is 3. The minimum absolute atomic E-state index is 1.30. The maximum Gasteiger partial charge on any atom is -0.0151 e. The van der Waals surface area contributed by atoms with E-state index in [1.165, 1.54) is 33.4 Å². The van der Waals surface area contributed by atoms with Crippen molar-refractivity contribution in [3.8, 4) is 0 Å². The molecule has 0 heteroatoms. The average molecular weight is 236 g/mol. The fourth-order valence-corrected chi connectivity index (χ4v) is 2.41. The van der Waals surface area contributed by atoms with Crippen molar-refractivity contribution >= 4 is 5.57 Å². The van der Waals surface area contributed by atoms with Gasteiger partial charge in [0.1, 0.15) is 0 Å². The van der Waals surface area contributed by atoms with Crippen LogP contribution in [0.15, 0.2) is 48.5 Å².